The van der Waals surface area contributed by atoms with Crippen molar-refractivity contribution in [1.29, 1.82) is 0 Å². The van der Waals surface area contributed by atoms with Crippen molar-refractivity contribution in [2.24, 2.45) is 5.73 Å². The fourth-order valence-corrected chi connectivity index (χ4v) is 3.94. The molecule has 3 rings (SSSR count). The molecule has 2 saturated heterocycles. The van der Waals surface area contributed by atoms with Gasteiger partial charge in [-0.05, 0) is 0 Å². The van der Waals surface area contributed by atoms with Gasteiger partial charge in [-0.1, -0.05) is 0 Å². The fourth-order valence-electron chi connectivity index (χ4n) is 2.09. The van der Waals surface area contributed by atoms with Gasteiger partial charge in [0.25, 0.3) is 5.91 Å². The lowest BCUT2D eigenvalue weighted by Crippen LogP contribution is -2.38. The highest BCUT2D eigenvalue weighted by Crippen LogP contribution is 2.53. The standard InChI is InChI=1S/C9H11N2O7PS/c10-8(13)3-2-20-9(11-3)7-5(12)6-4(17-7)1-16-19(14,15)18-6/h2,4-7,12H,1H2,(H2,10,13)(H,14,15)/t4-,5-,6-,7-/m0/s1. The normalized spacial score (nSPS) is 40.5. The minimum atomic E-state index is -4.15. The van der Waals surface area contributed by atoms with E-state index in [0.717, 1.165) is 11.3 Å². The minimum Gasteiger partial charge on any atom is -0.387 e. The van der Waals surface area contributed by atoms with Gasteiger partial charge in [-0.25, -0.2) is 9.55 Å². The number of aromatic nitrogens is 1. The van der Waals surface area contributed by atoms with Crippen LogP contribution in [0.15, 0.2) is 5.38 Å². The Hall–Kier alpha value is -0.870. The molecule has 0 spiro atoms. The summed E-state index contributed by atoms with van der Waals surface area (Å²) in [6.07, 6.45) is -3.70. The van der Waals surface area contributed by atoms with E-state index in [-0.39, 0.29) is 12.3 Å². The number of thiazole rings is 1. The Labute approximate surface area is 116 Å². The van der Waals surface area contributed by atoms with Crippen LogP contribution in [0.3, 0.4) is 0 Å². The molecule has 4 N–H and O–H groups in total. The maximum absolute atomic E-state index is 11.3. The topological polar surface area (TPSA) is 141 Å². The molecular weight excluding hydrogens is 311 g/mol. The third-order valence-corrected chi connectivity index (χ3v) is 4.90. The van der Waals surface area contributed by atoms with Crippen LogP contribution in [0.5, 0.6) is 0 Å². The molecule has 9 nitrogen and oxygen atoms in total. The van der Waals surface area contributed by atoms with Crippen LogP contribution >= 0.6 is 19.2 Å². The first-order chi connectivity index (χ1) is 9.37. The number of phosphoric acid groups is 1. The fraction of sp³-hybridized carbons (Fsp3) is 0.556. The predicted octanol–water partition coefficient (Wildman–Crippen LogP) is -0.441. The number of fused-ring (bicyclic) bond motifs is 1. The summed E-state index contributed by atoms with van der Waals surface area (Å²) in [6.45, 7) is -0.167. The van der Waals surface area contributed by atoms with Crippen LogP contribution in [0.25, 0.3) is 0 Å². The molecule has 110 valence electrons. The third-order valence-electron chi connectivity index (χ3n) is 3.01. The molecule has 0 saturated carbocycles. The van der Waals surface area contributed by atoms with Crippen LogP contribution in [0.1, 0.15) is 21.6 Å². The Balaban J connectivity index is 1.82. The van der Waals surface area contributed by atoms with Crippen LogP contribution < -0.4 is 5.73 Å². The minimum absolute atomic E-state index is 0.0701. The second-order valence-corrected chi connectivity index (χ2v) is 6.65. The summed E-state index contributed by atoms with van der Waals surface area (Å²) >= 11 is 1.10. The van der Waals surface area contributed by atoms with Gasteiger partial charge in [0, 0.05) is 5.38 Å². The maximum Gasteiger partial charge on any atom is 0.472 e. The molecule has 0 aliphatic carbocycles. The number of nitrogens with two attached hydrogens (primary N) is 1. The van der Waals surface area contributed by atoms with Crippen molar-refractivity contribution < 1.29 is 33.1 Å². The van der Waals surface area contributed by atoms with E-state index in [0.29, 0.717) is 5.01 Å². The lowest BCUT2D eigenvalue weighted by Gasteiger charge is -2.28. The number of ether oxygens (including phenoxy) is 1. The summed E-state index contributed by atoms with van der Waals surface area (Å²) in [4.78, 5) is 24.2. The van der Waals surface area contributed by atoms with Gasteiger partial charge < -0.3 is 20.5 Å². The molecule has 1 amide bonds. The highest BCUT2D eigenvalue weighted by molar-refractivity contribution is 7.47. The predicted molar refractivity (Wildman–Crippen MR) is 64.9 cm³/mol. The highest BCUT2D eigenvalue weighted by Gasteiger charge is 2.52. The number of primary amides is 1. The van der Waals surface area contributed by atoms with E-state index in [1.165, 1.54) is 5.38 Å². The van der Waals surface area contributed by atoms with E-state index in [4.69, 9.17) is 15.0 Å². The Bertz CT molecular complexity index is 593. The summed E-state index contributed by atoms with van der Waals surface area (Å²) in [6, 6.07) is 0. The Morgan fingerprint density at radius 1 is 1.60 bits per heavy atom. The van der Waals surface area contributed by atoms with E-state index in [2.05, 4.69) is 9.51 Å². The van der Waals surface area contributed by atoms with Gasteiger partial charge in [-0.15, -0.1) is 11.3 Å². The van der Waals surface area contributed by atoms with Gasteiger partial charge in [-0.3, -0.25) is 13.8 Å². The number of hydrogen-bond donors (Lipinski definition) is 3. The molecule has 1 aromatic heterocycles. The summed E-state index contributed by atoms with van der Waals surface area (Å²) < 4.78 is 26.3. The number of carbonyl (C=O) groups excluding carboxylic acids is 1. The van der Waals surface area contributed by atoms with Gasteiger partial charge >= 0.3 is 7.82 Å². The first-order valence-electron chi connectivity index (χ1n) is 5.62. The SMILES string of the molecule is NC(=O)c1csc([C@H]2O[C@H]3COP(=O)(O)O[C@@H]3[C@@H]2O)n1. The Morgan fingerprint density at radius 3 is 3.00 bits per heavy atom. The van der Waals surface area contributed by atoms with Gasteiger partial charge in [0.1, 0.15) is 35.1 Å². The number of nitrogens with zero attached hydrogens (tertiary/aromatic N) is 1. The molecule has 2 aliphatic heterocycles. The molecule has 2 fully saturated rings. The van der Waals surface area contributed by atoms with E-state index < -0.39 is 38.1 Å². The Kier molecular flexibility index (Phi) is 3.41. The van der Waals surface area contributed by atoms with Crippen molar-refractivity contribution in [3.05, 3.63) is 16.1 Å². The summed E-state index contributed by atoms with van der Waals surface area (Å²) in [5, 5.41) is 11.9. The zero-order valence-electron chi connectivity index (χ0n) is 9.91. The molecule has 1 aromatic rings. The molecule has 0 radical (unpaired) electrons. The zero-order chi connectivity index (χ0) is 14.5. The van der Waals surface area contributed by atoms with Crippen LogP contribution in [-0.2, 0) is 18.3 Å². The second-order valence-electron chi connectivity index (χ2n) is 4.36. The number of rotatable bonds is 2. The molecule has 0 aromatic carbocycles. The number of phosphoric ester groups is 1. The van der Waals surface area contributed by atoms with Crippen LogP contribution in [0.4, 0.5) is 0 Å². The summed E-state index contributed by atoms with van der Waals surface area (Å²) in [5.74, 6) is -0.683. The molecule has 11 heteroatoms. The average Bonchev–Trinajstić information content (AvgIpc) is 2.95. The Morgan fingerprint density at radius 2 is 2.35 bits per heavy atom. The molecule has 2 aliphatic rings. The van der Waals surface area contributed by atoms with Crippen molar-refractivity contribution in [2.45, 2.75) is 24.4 Å². The van der Waals surface area contributed by atoms with Crippen LogP contribution in [0.2, 0.25) is 0 Å². The summed E-state index contributed by atoms with van der Waals surface area (Å²) in [7, 11) is -4.15. The molecule has 20 heavy (non-hydrogen) atoms. The smallest absolute Gasteiger partial charge is 0.387 e. The molecule has 0 bridgehead atoms. The van der Waals surface area contributed by atoms with E-state index in [1.807, 2.05) is 0 Å². The van der Waals surface area contributed by atoms with Gasteiger partial charge in [0.15, 0.2) is 0 Å². The van der Waals surface area contributed by atoms with Crippen molar-refractivity contribution in [3.8, 4) is 0 Å². The van der Waals surface area contributed by atoms with Gasteiger partial charge in [-0.2, -0.15) is 0 Å². The molecular formula is C9H11N2O7PS. The van der Waals surface area contributed by atoms with Gasteiger partial charge in [0.05, 0.1) is 6.61 Å². The van der Waals surface area contributed by atoms with Crippen LogP contribution in [-0.4, -0.2) is 45.8 Å². The first-order valence-corrected chi connectivity index (χ1v) is 7.99. The van der Waals surface area contributed by atoms with Gasteiger partial charge in [0.2, 0.25) is 0 Å². The van der Waals surface area contributed by atoms with Crippen molar-refractivity contribution in [1.82, 2.24) is 4.98 Å². The number of amides is 1. The molecule has 1 unspecified atom stereocenters. The zero-order valence-corrected chi connectivity index (χ0v) is 11.6. The van der Waals surface area contributed by atoms with Crippen molar-refractivity contribution in [2.75, 3.05) is 6.61 Å². The van der Waals surface area contributed by atoms with E-state index in [9.17, 15) is 19.4 Å². The largest absolute Gasteiger partial charge is 0.472 e. The second kappa shape index (κ2) is 4.85. The number of aliphatic hydroxyl groups excluding tert-OH is 1. The number of hydrogen-bond acceptors (Lipinski definition) is 8. The number of aliphatic hydroxyl groups is 1. The van der Waals surface area contributed by atoms with E-state index >= 15 is 0 Å². The molecule has 5 atom stereocenters. The molecule has 3 heterocycles. The lowest BCUT2D eigenvalue weighted by atomic mass is 10.1. The third kappa shape index (κ3) is 2.40. The van der Waals surface area contributed by atoms with E-state index in [1.54, 1.807) is 0 Å². The van der Waals surface area contributed by atoms with Crippen LogP contribution in [0, 0.1) is 0 Å². The van der Waals surface area contributed by atoms with Crippen molar-refractivity contribution >= 4 is 25.1 Å². The quantitative estimate of drug-likeness (QED) is 0.622. The summed E-state index contributed by atoms with van der Waals surface area (Å²) in [5.41, 5.74) is 5.17. The lowest BCUT2D eigenvalue weighted by molar-refractivity contribution is -0.0546. The average molecular weight is 322 g/mol. The maximum atomic E-state index is 11.3. The first kappa shape index (κ1) is 14.1. The van der Waals surface area contributed by atoms with Crippen molar-refractivity contribution in [3.63, 3.8) is 0 Å². The number of carbonyl (C=O) groups is 1. The monoisotopic (exact) mass is 322 g/mol. The highest BCUT2D eigenvalue weighted by atomic mass is 32.1.